The van der Waals surface area contributed by atoms with Crippen molar-refractivity contribution in [3.63, 3.8) is 0 Å². The van der Waals surface area contributed by atoms with Crippen molar-refractivity contribution in [1.29, 1.82) is 0 Å². The quantitative estimate of drug-likeness (QED) is 0.892. The number of ether oxygens (including phenoxy) is 1. The molecule has 0 heterocycles. The molecule has 2 aromatic rings. The third-order valence-corrected chi connectivity index (χ3v) is 3.82. The van der Waals surface area contributed by atoms with Gasteiger partial charge in [-0.1, -0.05) is 40.2 Å². The Kier molecular flexibility index (Phi) is 5.21. The number of benzene rings is 2. The summed E-state index contributed by atoms with van der Waals surface area (Å²) in [5, 5.41) is 0. The van der Waals surface area contributed by atoms with Gasteiger partial charge in [-0.25, -0.2) is 0 Å². The Labute approximate surface area is 129 Å². The van der Waals surface area contributed by atoms with Gasteiger partial charge >= 0.3 is 0 Å². The van der Waals surface area contributed by atoms with Crippen molar-refractivity contribution >= 4 is 15.9 Å². The molecule has 20 heavy (non-hydrogen) atoms. The lowest BCUT2D eigenvalue weighted by Gasteiger charge is -2.15. The maximum atomic E-state index is 6.07. The van der Waals surface area contributed by atoms with Crippen molar-refractivity contribution in [1.82, 2.24) is 0 Å². The Morgan fingerprint density at radius 2 is 1.80 bits per heavy atom. The zero-order valence-corrected chi connectivity index (χ0v) is 13.5. The van der Waals surface area contributed by atoms with Crippen LogP contribution in [0.1, 0.15) is 22.3 Å². The Morgan fingerprint density at radius 1 is 1.05 bits per heavy atom. The van der Waals surface area contributed by atoms with Crippen LogP contribution in [-0.4, -0.2) is 6.54 Å². The predicted octanol–water partition coefficient (Wildman–Crippen LogP) is 4.15. The Hall–Kier alpha value is -1.32. The molecule has 0 fully saturated rings. The summed E-state index contributed by atoms with van der Waals surface area (Å²) in [6.07, 6.45) is 0.823. The van der Waals surface area contributed by atoms with Crippen LogP contribution in [0.5, 0.6) is 5.75 Å². The molecule has 0 radical (unpaired) electrons. The molecule has 2 nitrogen and oxygen atoms in total. The molecule has 0 saturated carbocycles. The van der Waals surface area contributed by atoms with Crippen LogP contribution >= 0.6 is 15.9 Å². The average molecular weight is 334 g/mol. The van der Waals surface area contributed by atoms with E-state index in [-0.39, 0.29) is 0 Å². The van der Waals surface area contributed by atoms with E-state index >= 15 is 0 Å². The summed E-state index contributed by atoms with van der Waals surface area (Å²) in [5.41, 5.74) is 10.5. The van der Waals surface area contributed by atoms with Gasteiger partial charge in [-0.2, -0.15) is 0 Å². The summed E-state index contributed by atoms with van der Waals surface area (Å²) in [6.45, 7) is 5.38. The highest BCUT2D eigenvalue weighted by molar-refractivity contribution is 9.10. The molecule has 0 atom stereocenters. The average Bonchev–Trinajstić information content (AvgIpc) is 2.40. The predicted molar refractivity (Wildman–Crippen MR) is 87.1 cm³/mol. The van der Waals surface area contributed by atoms with Crippen molar-refractivity contribution in [3.05, 3.63) is 63.1 Å². The molecule has 0 aliphatic heterocycles. The van der Waals surface area contributed by atoms with E-state index in [1.54, 1.807) is 0 Å². The molecule has 0 bridgehead atoms. The van der Waals surface area contributed by atoms with E-state index < -0.39 is 0 Å². The van der Waals surface area contributed by atoms with Gasteiger partial charge in [0.2, 0.25) is 0 Å². The second kappa shape index (κ2) is 6.91. The molecule has 0 aliphatic carbocycles. The maximum absolute atomic E-state index is 6.07. The van der Waals surface area contributed by atoms with Gasteiger partial charge < -0.3 is 10.5 Å². The monoisotopic (exact) mass is 333 g/mol. The fourth-order valence-electron chi connectivity index (χ4n) is 2.27. The van der Waals surface area contributed by atoms with Gasteiger partial charge in [0.1, 0.15) is 12.4 Å². The van der Waals surface area contributed by atoms with E-state index in [0.29, 0.717) is 13.2 Å². The summed E-state index contributed by atoms with van der Waals surface area (Å²) in [7, 11) is 0. The van der Waals surface area contributed by atoms with Gasteiger partial charge in [0.05, 0.1) is 0 Å². The van der Waals surface area contributed by atoms with E-state index in [0.717, 1.165) is 27.8 Å². The molecule has 2 rings (SSSR count). The number of halogens is 1. The number of hydrogen-bond donors (Lipinski definition) is 1. The Balaban J connectivity index is 2.22. The van der Waals surface area contributed by atoms with E-state index in [1.165, 1.54) is 11.1 Å². The lowest BCUT2D eigenvalue weighted by atomic mass is 10.1. The van der Waals surface area contributed by atoms with Gasteiger partial charge in [0, 0.05) is 4.47 Å². The molecule has 0 spiro atoms. The SMILES string of the molecule is Cc1ccccc1COc1c(C)cc(Br)cc1CCN. The van der Waals surface area contributed by atoms with Gasteiger partial charge in [-0.05, 0) is 61.2 Å². The minimum absolute atomic E-state index is 0.590. The zero-order valence-electron chi connectivity index (χ0n) is 11.9. The second-order valence-corrected chi connectivity index (χ2v) is 5.88. The third-order valence-electron chi connectivity index (χ3n) is 3.36. The molecule has 0 aromatic heterocycles. The lowest BCUT2D eigenvalue weighted by molar-refractivity contribution is 0.300. The molecule has 2 aromatic carbocycles. The van der Waals surface area contributed by atoms with Crippen LogP contribution in [-0.2, 0) is 13.0 Å². The normalized spacial score (nSPS) is 10.6. The molecule has 3 heteroatoms. The highest BCUT2D eigenvalue weighted by Crippen LogP contribution is 2.29. The highest BCUT2D eigenvalue weighted by Gasteiger charge is 2.09. The van der Waals surface area contributed by atoms with E-state index in [2.05, 4.69) is 54.0 Å². The van der Waals surface area contributed by atoms with Crippen molar-refractivity contribution in [2.45, 2.75) is 26.9 Å². The maximum Gasteiger partial charge on any atom is 0.126 e. The van der Waals surface area contributed by atoms with Gasteiger partial charge in [-0.3, -0.25) is 0 Å². The molecule has 2 N–H and O–H groups in total. The van der Waals surface area contributed by atoms with Crippen molar-refractivity contribution < 1.29 is 4.74 Å². The molecule has 0 aliphatic rings. The van der Waals surface area contributed by atoms with Crippen LogP contribution < -0.4 is 10.5 Å². The number of nitrogens with two attached hydrogens (primary N) is 1. The smallest absolute Gasteiger partial charge is 0.126 e. The fourth-order valence-corrected chi connectivity index (χ4v) is 2.89. The Morgan fingerprint density at radius 3 is 2.50 bits per heavy atom. The van der Waals surface area contributed by atoms with E-state index in [9.17, 15) is 0 Å². The molecule has 0 unspecified atom stereocenters. The first kappa shape index (κ1) is 15.1. The highest BCUT2D eigenvalue weighted by atomic mass is 79.9. The van der Waals surface area contributed by atoms with Crippen LogP contribution in [0, 0.1) is 13.8 Å². The third kappa shape index (κ3) is 3.62. The molecular formula is C17H20BrNO. The molecule has 106 valence electrons. The summed E-state index contributed by atoms with van der Waals surface area (Å²) in [6, 6.07) is 12.5. The topological polar surface area (TPSA) is 35.2 Å². The molecule has 0 amide bonds. The summed E-state index contributed by atoms with van der Waals surface area (Å²) in [4.78, 5) is 0. The largest absolute Gasteiger partial charge is 0.488 e. The van der Waals surface area contributed by atoms with Gasteiger partial charge in [0.25, 0.3) is 0 Å². The summed E-state index contributed by atoms with van der Waals surface area (Å²) < 4.78 is 7.14. The minimum atomic E-state index is 0.590. The van der Waals surface area contributed by atoms with Crippen LogP contribution in [0.15, 0.2) is 40.9 Å². The first-order valence-corrected chi connectivity index (χ1v) is 7.57. The zero-order chi connectivity index (χ0) is 14.5. The van der Waals surface area contributed by atoms with Crippen LogP contribution in [0.3, 0.4) is 0 Å². The number of aryl methyl sites for hydroxylation is 2. The molecular weight excluding hydrogens is 314 g/mol. The first-order chi connectivity index (χ1) is 9.61. The van der Waals surface area contributed by atoms with Crippen molar-refractivity contribution in [2.75, 3.05) is 6.54 Å². The standard InChI is InChI=1S/C17H20BrNO/c1-12-5-3-4-6-15(12)11-20-17-13(2)9-16(18)10-14(17)7-8-19/h3-6,9-10H,7-8,11,19H2,1-2H3. The Bertz CT molecular complexity index is 596. The fraction of sp³-hybridized carbons (Fsp3) is 0.294. The summed E-state index contributed by atoms with van der Waals surface area (Å²) >= 11 is 3.53. The number of rotatable bonds is 5. The van der Waals surface area contributed by atoms with Gasteiger partial charge in [-0.15, -0.1) is 0 Å². The van der Waals surface area contributed by atoms with Crippen molar-refractivity contribution in [3.8, 4) is 5.75 Å². The van der Waals surface area contributed by atoms with E-state index in [4.69, 9.17) is 10.5 Å². The van der Waals surface area contributed by atoms with Gasteiger partial charge in [0.15, 0.2) is 0 Å². The lowest BCUT2D eigenvalue weighted by Crippen LogP contribution is -2.07. The van der Waals surface area contributed by atoms with Crippen LogP contribution in [0.2, 0.25) is 0 Å². The van der Waals surface area contributed by atoms with Crippen molar-refractivity contribution in [2.24, 2.45) is 5.73 Å². The summed E-state index contributed by atoms with van der Waals surface area (Å²) in [5.74, 6) is 0.960. The molecule has 0 saturated heterocycles. The first-order valence-electron chi connectivity index (χ1n) is 6.78. The minimum Gasteiger partial charge on any atom is -0.488 e. The van der Waals surface area contributed by atoms with Crippen LogP contribution in [0.25, 0.3) is 0 Å². The number of hydrogen-bond acceptors (Lipinski definition) is 2. The van der Waals surface area contributed by atoms with E-state index in [1.807, 2.05) is 12.1 Å². The van der Waals surface area contributed by atoms with Crippen LogP contribution in [0.4, 0.5) is 0 Å². The second-order valence-electron chi connectivity index (χ2n) is 4.96.